The molecule has 0 saturated carbocycles. The number of aryl methyl sites for hydroxylation is 3. The highest BCUT2D eigenvalue weighted by atomic mass is 28.2. The Bertz CT molecular complexity index is 245. The van der Waals surface area contributed by atoms with E-state index < -0.39 is 9.76 Å². The molecule has 1 aromatic rings. The standard InChI is InChI=1S/C9H14OSi/c1-6-4-7(2)9(11-10)8(3)5-6/h4-5,10H,11H2,1-3H3. The van der Waals surface area contributed by atoms with E-state index in [0.29, 0.717) is 0 Å². The second kappa shape index (κ2) is 3.20. The van der Waals surface area contributed by atoms with Crippen molar-refractivity contribution in [1.29, 1.82) is 0 Å². The van der Waals surface area contributed by atoms with Gasteiger partial charge < -0.3 is 4.80 Å². The first-order valence-corrected chi connectivity index (χ1v) is 5.16. The highest BCUT2D eigenvalue weighted by Crippen LogP contribution is 2.04. The van der Waals surface area contributed by atoms with Crippen LogP contribution in [-0.4, -0.2) is 14.6 Å². The fourth-order valence-electron chi connectivity index (χ4n) is 1.46. The Morgan fingerprint density at radius 3 is 1.91 bits per heavy atom. The summed E-state index contributed by atoms with van der Waals surface area (Å²) in [6.45, 7) is 6.22. The molecule has 1 N–H and O–H groups in total. The topological polar surface area (TPSA) is 20.2 Å². The van der Waals surface area contributed by atoms with Crippen LogP contribution in [0.3, 0.4) is 0 Å². The van der Waals surface area contributed by atoms with Crippen LogP contribution in [0.1, 0.15) is 16.7 Å². The lowest BCUT2D eigenvalue weighted by Crippen LogP contribution is -2.20. The summed E-state index contributed by atoms with van der Waals surface area (Å²) in [7, 11) is -0.983. The minimum absolute atomic E-state index is 0.983. The Labute approximate surface area is 70.0 Å². The van der Waals surface area contributed by atoms with E-state index >= 15 is 0 Å². The molecule has 0 fully saturated rings. The largest absolute Gasteiger partial charge is 0.433 e. The fraction of sp³-hybridized carbons (Fsp3) is 0.333. The van der Waals surface area contributed by atoms with Crippen LogP contribution in [0, 0.1) is 20.8 Å². The van der Waals surface area contributed by atoms with Gasteiger partial charge in [0, 0.05) is 0 Å². The van der Waals surface area contributed by atoms with Crippen LogP contribution in [0.4, 0.5) is 0 Å². The second-order valence-corrected chi connectivity index (χ2v) is 4.06. The average molecular weight is 166 g/mol. The molecule has 0 atom stereocenters. The van der Waals surface area contributed by atoms with Crippen LogP contribution < -0.4 is 5.19 Å². The summed E-state index contributed by atoms with van der Waals surface area (Å²) in [5, 5.41) is 1.20. The molecule has 0 amide bonds. The van der Waals surface area contributed by atoms with Gasteiger partial charge in [-0.15, -0.1) is 0 Å². The molecule has 0 aliphatic carbocycles. The van der Waals surface area contributed by atoms with Gasteiger partial charge in [0.05, 0.1) is 0 Å². The summed E-state index contributed by atoms with van der Waals surface area (Å²) < 4.78 is 0. The fourth-order valence-corrected chi connectivity index (χ4v) is 2.16. The van der Waals surface area contributed by atoms with Crippen LogP contribution in [0.2, 0.25) is 0 Å². The molecular formula is C9H14OSi. The molecule has 0 radical (unpaired) electrons. The Kier molecular flexibility index (Phi) is 2.47. The Balaban J connectivity index is 3.25. The predicted octanol–water partition coefficient (Wildman–Crippen LogP) is 0.313. The van der Waals surface area contributed by atoms with Crippen LogP contribution in [0.5, 0.6) is 0 Å². The first-order valence-electron chi connectivity index (χ1n) is 3.82. The number of hydrogen-bond acceptors (Lipinski definition) is 1. The molecule has 60 valence electrons. The third kappa shape index (κ3) is 1.70. The monoisotopic (exact) mass is 166 g/mol. The maximum absolute atomic E-state index is 9.13. The molecule has 0 spiro atoms. The molecule has 0 unspecified atom stereocenters. The summed E-state index contributed by atoms with van der Waals surface area (Å²) in [5.74, 6) is 0. The maximum atomic E-state index is 9.13. The maximum Gasteiger partial charge on any atom is 0.188 e. The lowest BCUT2D eigenvalue weighted by atomic mass is 10.1. The van der Waals surface area contributed by atoms with E-state index in [1.807, 2.05) is 0 Å². The molecule has 0 heterocycles. The molecular weight excluding hydrogens is 152 g/mol. The summed E-state index contributed by atoms with van der Waals surface area (Å²) >= 11 is 0. The van der Waals surface area contributed by atoms with Crippen LogP contribution >= 0.6 is 0 Å². The van der Waals surface area contributed by atoms with Crippen LogP contribution in [0.25, 0.3) is 0 Å². The smallest absolute Gasteiger partial charge is 0.188 e. The minimum Gasteiger partial charge on any atom is -0.433 e. The Morgan fingerprint density at radius 2 is 1.55 bits per heavy atom. The van der Waals surface area contributed by atoms with Crippen molar-refractivity contribution in [3.05, 3.63) is 28.8 Å². The minimum atomic E-state index is -0.983. The van der Waals surface area contributed by atoms with Gasteiger partial charge in [0.1, 0.15) is 0 Å². The molecule has 1 rings (SSSR count). The third-order valence-electron chi connectivity index (χ3n) is 2.00. The molecule has 0 aliphatic heterocycles. The first kappa shape index (κ1) is 8.49. The van der Waals surface area contributed by atoms with Gasteiger partial charge in [0.15, 0.2) is 9.76 Å². The van der Waals surface area contributed by atoms with E-state index in [1.165, 1.54) is 21.9 Å². The molecule has 1 aromatic carbocycles. The van der Waals surface area contributed by atoms with Crippen LogP contribution in [-0.2, 0) is 0 Å². The van der Waals surface area contributed by atoms with Crippen molar-refractivity contribution in [2.45, 2.75) is 20.8 Å². The highest BCUT2D eigenvalue weighted by Gasteiger charge is 2.01. The third-order valence-corrected chi connectivity index (χ3v) is 3.43. The van der Waals surface area contributed by atoms with Crippen molar-refractivity contribution >= 4 is 14.9 Å². The quantitative estimate of drug-likeness (QED) is 0.596. The van der Waals surface area contributed by atoms with Crippen molar-refractivity contribution in [3.8, 4) is 0 Å². The van der Waals surface area contributed by atoms with E-state index in [4.69, 9.17) is 4.80 Å². The molecule has 0 bridgehead atoms. The summed E-state index contributed by atoms with van der Waals surface area (Å²) in [6, 6.07) is 4.26. The predicted molar refractivity (Wildman–Crippen MR) is 51.0 cm³/mol. The SMILES string of the molecule is Cc1cc(C)c([SiH2]O)c(C)c1. The second-order valence-electron chi connectivity index (χ2n) is 3.04. The lowest BCUT2D eigenvalue weighted by Gasteiger charge is -2.07. The van der Waals surface area contributed by atoms with E-state index in [2.05, 4.69) is 32.9 Å². The van der Waals surface area contributed by atoms with Gasteiger partial charge in [-0.25, -0.2) is 0 Å². The van der Waals surface area contributed by atoms with Gasteiger partial charge in [0.25, 0.3) is 0 Å². The zero-order chi connectivity index (χ0) is 8.43. The van der Waals surface area contributed by atoms with E-state index in [-0.39, 0.29) is 0 Å². The van der Waals surface area contributed by atoms with Gasteiger partial charge in [-0.05, 0) is 37.1 Å². The Hall–Kier alpha value is -0.603. The van der Waals surface area contributed by atoms with E-state index in [1.54, 1.807) is 0 Å². The zero-order valence-electron chi connectivity index (χ0n) is 7.31. The summed E-state index contributed by atoms with van der Waals surface area (Å²) in [4.78, 5) is 9.13. The van der Waals surface area contributed by atoms with Gasteiger partial charge in [-0.1, -0.05) is 17.7 Å². The van der Waals surface area contributed by atoms with Crippen molar-refractivity contribution in [3.63, 3.8) is 0 Å². The van der Waals surface area contributed by atoms with Gasteiger partial charge >= 0.3 is 0 Å². The lowest BCUT2D eigenvalue weighted by molar-refractivity contribution is 0.615. The first-order chi connectivity index (χ1) is 5.15. The molecule has 2 heteroatoms. The Morgan fingerprint density at radius 1 is 1.09 bits per heavy atom. The molecule has 11 heavy (non-hydrogen) atoms. The highest BCUT2D eigenvalue weighted by molar-refractivity contribution is 6.47. The normalized spacial score (nSPS) is 11.3. The van der Waals surface area contributed by atoms with E-state index in [9.17, 15) is 0 Å². The summed E-state index contributed by atoms with van der Waals surface area (Å²) in [5.41, 5.74) is 3.78. The number of hydrogen-bond donors (Lipinski definition) is 1. The van der Waals surface area contributed by atoms with Crippen LogP contribution in [0.15, 0.2) is 12.1 Å². The van der Waals surface area contributed by atoms with Gasteiger partial charge in [0.2, 0.25) is 0 Å². The molecule has 0 aromatic heterocycles. The van der Waals surface area contributed by atoms with Gasteiger partial charge in [-0.3, -0.25) is 0 Å². The molecule has 0 saturated heterocycles. The van der Waals surface area contributed by atoms with Crippen molar-refractivity contribution in [2.75, 3.05) is 0 Å². The van der Waals surface area contributed by atoms with Gasteiger partial charge in [-0.2, -0.15) is 0 Å². The van der Waals surface area contributed by atoms with Crippen molar-refractivity contribution in [2.24, 2.45) is 0 Å². The number of benzene rings is 1. The summed E-state index contributed by atoms with van der Waals surface area (Å²) in [6.07, 6.45) is 0. The van der Waals surface area contributed by atoms with Crippen molar-refractivity contribution in [1.82, 2.24) is 0 Å². The molecule has 0 aliphatic rings. The zero-order valence-corrected chi connectivity index (χ0v) is 8.72. The van der Waals surface area contributed by atoms with Crippen molar-refractivity contribution < 1.29 is 4.80 Å². The average Bonchev–Trinajstić information content (AvgIpc) is 1.85. The molecule has 1 nitrogen and oxygen atoms in total. The number of rotatable bonds is 1. The van der Waals surface area contributed by atoms with E-state index in [0.717, 1.165) is 0 Å².